The van der Waals surface area contributed by atoms with Crippen LogP contribution in [0.4, 0.5) is 0 Å². The number of rotatable bonds is 4. The third-order valence-corrected chi connectivity index (χ3v) is 7.14. The van der Waals surface area contributed by atoms with Crippen molar-refractivity contribution in [2.75, 3.05) is 7.11 Å². The van der Waals surface area contributed by atoms with E-state index in [2.05, 4.69) is 20.8 Å². The zero-order valence-electron chi connectivity index (χ0n) is 14.3. The molecular weight excluding hydrogens is 292 g/mol. The summed E-state index contributed by atoms with van der Waals surface area (Å²) in [4.78, 5) is 12.2. The van der Waals surface area contributed by atoms with Crippen molar-refractivity contribution in [1.82, 2.24) is 0 Å². The van der Waals surface area contributed by atoms with Gasteiger partial charge in [0.05, 0.1) is 7.11 Å². The second-order valence-corrected chi connectivity index (χ2v) is 7.93. The molecular formula is C19H26O4. The maximum Gasteiger partial charge on any atom is 0.340 e. The molecule has 0 aliphatic heterocycles. The van der Waals surface area contributed by atoms with Crippen LogP contribution in [0.3, 0.4) is 0 Å². The lowest BCUT2D eigenvalue weighted by atomic mass is 9.60. The van der Waals surface area contributed by atoms with Crippen LogP contribution >= 0.6 is 0 Å². The Balaban J connectivity index is 2.16. The van der Waals surface area contributed by atoms with Crippen LogP contribution in [-0.2, 0) is 10.4 Å². The first-order chi connectivity index (χ1) is 10.7. The number of aliphatic hydroxyl groups is 1. The molecule has 0 aromatic heterocycles. The summed E-state index contributed by atoms with van der Waals surface area (Å²) in [6, 6.07) is 6.93. The number of para-hydroxylation sites is 1. The Bertz CT molecular complexity index is 638. The van der Waals surface area contributed by atoms with Gasteiger partial charge in [-0.1, -0.05) is 39.0 Å². The molecule has 23 heavy (non-hydrogen) atoms. The molecule has 0 spiro atoms. The van der Waals surface area contributed by atoms with Crippen molar-refractivity contribution in [3.8, 4) is 5.75 Å². The second-order valence-electron chi connectivity index (χ2n) is 7.93. The van der Waals surface area contributed by atoms with Gasteiger partial charge in [-0.15, -0.1) is 0 Å². The summed E-state index contributed by atoms with van der Waals surface area (Å²) in [5.41, 5.74) is -1.73. The van der Waals surface area contributed by atoms with E-state index in [4.69, 9.17) is 4.74 Å². The molecule has 2 saturated carbocycles. The molecule has 1 aromatic carbocycles. The van der Waals surface area contributed by atoms with E-state index in [0.29, 0.717) is 17.2 Å². The summed E-state index contributed by atoms with van der Waals surface area (Å²) in [5.74, 6) is -0.617. The third kappa shape index (κ3) is 1.90. The Morgan fingerprint density at radius 1 is 1.30 bits per heavy atom. The number of fused-ring (bicyclic) bond motifs is 2. The van der Waals surface area contributed by atoms with E-state index in [1.165, 1.54) is 7.11 Å². The molecule has 2 aliphatic rings. The van der Waals surface area contributed by atoms with Crippen LogP contribution in [0, 0.1) is 22.7 Å². The Morgan fingerprint density at radius 3 is 2.43 bits per heavy atom. The van der Waals surface area contributed by atoms with Gasteiger partial charge in [-0.25, -0.2) is 4.79 Å². The third-order valence-electron chi connectivity index (χ3n) is 7.14. The summed E-state index contributed by atoms with van der Waals surface area (Å²) in [6.45, 7) is 6.58. The van der Waals surface area contributed by atoms with Gasteiger partial charge in [-0.05, 0) is 42.1 Å². The summed E-state index contributed by atoms with van der Waals surface area (Å²) in [6.07, 6.45) is 2.81. The molecule has 0 saturated heterocycles. The lowest BCUT2D eigenvalue weighted by Crippen LogP contribution is -2.50. The summed E-state index contributed by atoms with van der Waals surface area (Å²) in [5, 5.41) is 21.4. The van der Waals surface area contributed by atoms with Crippen molar-refractivity contribution in [3.63, 3.8) is 0 Å². The molecule has 4 nitrogen and oxygen atoms in total. The van der Waals surface area contributed by atoms with Gasteiger partial charge in [0.15, 0.2) is 5.60 Å². The highest BCUT2D eigenvalue weighted by atomic mass is 16.5. The maximum atomic E-state index is 12.2. The van der Waals surface area contributed by atoms with E-state index < -0.39 is 11.6 Å². The summed E-state index contributed by atoms with van der Waals surface area (Å²) in [7, 11) is 1.51. The summed E-state index contributed by atoms with van der Waals surface area (Å²) >= 11 is 0. The number of aliphatic carboxylic acids is 1. The van der Waals surface area contributed by atoms with Crippen LogP contribution in [0.5, 0.6) is 5.75 Å². The Kier molecular flexibility index (Phi) is 3.53. The van der Waals surface area contributed by atoms with Crippen molar-refractivity contribution >= 4 is 5.97 Å². The predicted octanol–water partition coefficient (Wildman–Crippen LogP) is 3.43. The molecule has 0 amide bonds. The van der Waals surface area contributed by atoms with E-state index in [-0.39, 0.29) is 16.7 Å². The molecule has 1 unspecified atom stereocenters. The normalized spacial score (nSPS) is 34.1. The largest absolute Gasteiger partial charge is 0.496 e. The van der Waals surface area contributed by atoms with Gasteiger partial charge >= 0.3 is 5.97 Å². The number of carboxylic acid groups (broad SMARTS) is 1. The highest BCUT2D eigenvalue weighted by Gasteiger charge is 2.68. The molecule has 0 radical (unpaired) electrons. The predicted molar refractivity (Wildman–Crippen MR) is 87.2 cm³/mol. The van der Waals surface area contributed by atoms with Gasteiger partial charge in [-0.2, -0.15) is 0 Å². The average Bonchev–Trinajstić information content (AvgIpc) is 2.87. The molecule has 1 aromatic rings. The standard InChI is InChI=1S/C19H26O4/c1-17(2)12-9-10-18(17,3)15(11-12)19(22,16(20)21)13-7-5-6-8-14(13)23-4/h5-8,12,15,22H,9-11H2,1-4H3,(H,20,21)/t12-,15+,18-,19?/m0/s1. The number of hydrogen-bond acceptors (Lipinski definition) is 3. The first kappa shape index (κ1) is 16.3. The van der Waals surface area contributed by atoms with Crippen molar-refractivity contribution < 1.29 is 19.7 Å². The van der Waals surface area contributed by atoms with Gasteiger partial charge in [0.2, 0.25) is 0 Å². The lowest BCUT2D eigenvalue weighted by molar-refractivity contribution is -0.175. The fourth-order valence-corrected chi connectivity index (χ4v) is 5.25. The zero-order chi connectivity index (χ0) is 17.0. The number of methoxy groups -OCH3 is 1. The average molecular weight is 318 g/mol. The quantitative estimate of drug-likeness (QED) is 0.892. The van der Waals surface area contributed by atoms with E-state index >= 15 is 0 Å². The molecule has 2 N–H and O–H groups in total. The van der Waals surface area contributed by atoms with Gasteiger partial charge in [0.1, 0.15) is 5.75 Å². The topological polar surface area (TPSA) is 66.8 Å². The molecule has 0 heterocycles. The van der Waals surface area contributed by atoms with Gasteiger partial charge in [0, 0.05) is 11.5 Å². The molecule has 2 aliphatic carbocycles. The van der Waals surface area contributed by atoms with Crippen LogP contribution in [-0.4, -0.2) is 23.3 Å². The minimum atomic E-state index is -1.92. The molecule has 4 heteroatoms. The minimum absolute atomic E-state index is 0.0309. The molecule has 2 bridgehead atoms. The number of ether oxygens (including phenoxy) is 1. The number of carbonyl (C=O) groups is 1. The Hall–Kier alpha value is -1.55. The first-order valence-electron chi connectivity index (χ1n) is 8.29. The maximum absolute atomic E-state index is 12.2. The fourth-order valence-electron chi connectivity index (χ4n) is 5.25. The van der Waals surface area contributed by atoms with Gasteiger partial charge < -0.3 is 14.9 Å². The van der Waals surface area contributed by atoms with Crippen molar-refractivity contribution in [2.24, 2.45) is 22.7 Å². The van der Waals surface area contributed by atoms with Crippen molar-refractivity contribution in [2.45, 2.75) is 45.6 Å². The van der Waals surface area contributed by atoms with Gasteiger partial charge in [-0.3, -0.25) is 0 Å². The van der Waals surface area contributed by atoms with Crippen LogP contribution < -0.4 is 4.74 Å². The van der Waals surface area contributed by atoms with E-state index in [0.717, 1.165) is 19.3 Å². The first-order valence-corrected chi connectivity index (χ1v) is 8.29. The summed E-state index contributed by atoms with van der Waals surface area (Å²) < 4.78 is 5.34. The number of carboxylic acids is 1. The minimum Gasteiger partial charge on any atom is -0.496 e. The van der Waals surface area contributed by atoms with Crippen molar-refractivity contribution in [3.05, 3.63) is 29.8 Å². The van der Waals surface area contributed by atoms with Crippen LogP contribution in [0.2, 0.25) is 0 Å². The van der Waals surface area contributed by atoms with Crippen LogP contribution in [0.15, 0.2) is 24.3 Å². The zero-order valence-corrected chi connectivity index (χ0v) is 14.3. The molecule has 3 rings (SSSR count). The van der Waals surface area contributed by atoms with Gasteiger partial charge in [0.25, 0.3) is 0 Å². The second kappa shape index (κ2) is 4.97. The SMILES string of the molecule is COc1ccccc1C(O)(C(=O)O)[C@@H]1C[C@@H]2CC[C@]1(C)C2(C)C. The molecule has 2 fully saturated rings. The van der Waals surface area contributed by atoms with Crippen LogP contribution in [0.25, 0.3) is 0 Å². The van der Waals surface area contributed by atoms with E-state index in [9.17, 15) is 15.0 Å². The van der Waals surface area contributed by atoms with E-state index in [1.54, 1.807) is 24.3 Å². The number of benzene rings is 1. The smallest absolute Gasteiger partial charge is 0.340 e. The highest BCUT2D eigenvalue weighted by molar-refractivity contribution is 5.81. The molecule has 4 atom stereocenters. The monoisotopic (exact) mass is 318 g/mol. The van der Waals surface area contributed by atoms with Crippen LogP contribution in [0.1, 0.15) is 45.6 Å². The van der Waals surface area contributed by atoms with E-state index in [1.807, 2.05) is 0 Å². The fraction of sp³-hybridized carbons (Fsp3) is 0.632. The number of hydrogen-bond donors (Lipinski definition) is 2. The lowest BCUT2D eigenvalue weighted by Gasteiger charge is -2.45. The Morgan fingerprint density at radius 2 is 1.96 bits per heavy atom. The Labute approximate surface area is 137 Å². The van der Waals surface area contributed by atoms with Crippen molar-refractivity contribution in [1.29, 1.82) is 0 Å². The highest BCUT2D eigenvalue weighted by Crippen LogP contribution is 2.71. The molecule has 126 valence electrons.